The lowest BCUT2D eigenvalue weighted by molar-refractivity contribution is 0.413. The standard InChI is InChI=1S/C13H12N6OS/c1-20-9-4-2-5-10(8-9)21-13-17-11(14)16-12(18-13)19-7-3-6-15-19/h2-8H,1H3,(H2,14,16,17,18). The van der Waals surface area contributed by atoms with Gasteiger partial charge >= 0.3 is 0 Å². The third-order valence-corrected chi connectivity index (χ3v) is 3.43. The van der Waals surface area contributed by atoms with E-state index >= 15 is 0 Å². The molecule has 0 unspecified atom stereocenters. The van der Waals surface area contributed by atoms with Gasteiger partial charge in [0.25, 0.3) is 5.95 Å². The first-order valence-electron chi connectivity index (χ1n) is 6.08. The summed E-state index contributed by atoms with van der Waals surface area (Å²) in [7, 11) is 1.63. The molecule has 0 atom stereocenters. The molecule has 0 aliphatic rings. The molecule has 0 aliphatic heterocycles. The first kappa shape index (κ1) is 13.4. The third-order valence-electron chi connectivity index (χ3n) is 2.58. The fourth-order valence-corrected chi connectivity index (χ4v) is 2.47. The van der Waals surface area contributed by atoms with E-state index in [0.29, 0.717) is 11.1 Å². The first-order chi connectivity index (χ1) is 10.2. The predicted molar refractivity (Wildman–Crippen MR) is 78.5 cm³/mol. The zero-order valence-corrected chi connectivity index (χ0v) is 12.0. The predicted octanol–water partition coefficient (Wildman–Crippen LogP) is 1.80. The van der Waals surface area contributed by atoms with Crippen LogP contribution >= 0.6 is 11.8 Å². The summed E-state index contributed by atoms with van der Waals surface area (Å²) in [6.45, 7) is 0. The molecule has 21 heavy (non-hydrogen) atoms. The number of rotatable bonds is 4. The van der Waals surface area contributed by atoms with Gasteiger partial charge < -0.3 is 10.5 Å². The van der Waals surface area contributed by atoms with Crippen molar-refractivity contribution in [2.45, 2.75) is 10.1 Å². The van der Waals surface area contributed by atoms with Gasteiger partial charge in [-0.2, -0.15) is 20.1 Å². The van der Waals surface area contributed by atoms with Gasteiger partial charge in [0.15, 0.2) is 5.16 Å². The lowest BCUT2D eigenvalue weighted by Crippen LogP contribution is -2.07. The summed E-state index contributed by atoms with van der Waals surface area (Å²) in [5.74, 6) is 1.31. The molecule has 1 aromatic carbocycles. The second-order valence-electron chi connectivity index (χ2n) is 4.01. The summed E-state index contributed by atoms with van der Waals surface area (Å²) in [4.78, 5) is 13.5. The molecule has 0 saturated carbocycles. The number of nitrogens with two attached hydrogens (primary N) is 1. The molecule has 2 heterocycles. The van der Waals surface area contributed by atoms with Gasteiger partial charge in [-0.05, 0) is 36.0 Å². The molecule has 0 spiro atoms. The minimum atomic E-state index is 0.154. The van der Waals surface area contributed by atoms with Gasteiger partial charge in [0.2, 0.25) is 5.95 Å². The average molecular weight is 300 g/mol. The maximum Gasteiger partial charge on any atom is 0.256 e. The molecular weight excluding hydrogens is 288 g/mol. The Kier molecular flexibility index (Phi) is 3.69. The van der Waals surface area contributed by atoms with E-state index < -0.39 is 0 Å². The van der Waals surface area contributed by atoms with Crippen molar-refractivity contribution in [1.29, 1.82) is 0 Å². The molecule has 0 bridgehead atoms. The number of aromatic nitrogens is 5. The monoisotopic (exact) mass is 300 g/mol. The second kappa shape index (κ2) is 5.80. The number of benzene rings is 1. The summed E-state index contributed by atoms with van der Waals surface area (Å²) in [6, 6.07) is 9.41. The van der Waals surface area contributed by atoms with Crippen LogP contribution in [0.25, 0.3) is 5.95 Å². The highest BCUT2D eigenvalue weighted by molar-refractivity contribution is 7.99. The van der Waals surface area contributed by atoms with E-state index in [2.05, 4.69) is 20.1 Å². The molecule has 2 aromatic heterocycles. The molecule has 106 valence electrons. The highest BCUT2D eigenvalue weighted by Gasteiger charge is 2.08. The minimum Gasteiger partial charge on any atom is -0.497 e. The van der Waals surface area contributed by atoms with Crippen LogP contribution in [0, 0.1) is 0 Å². The number of ether oxygens (including phenoxy) is 1. The van der Waals surface area contributed by atoms with Gasteiger partial charge in [-0.25, -0.2) is 4.68 Å². The van der Waals surface area contributed by atoms with Crippen molar-refractivity contribution in [2.24, 2.45) is 0 Å². The topological polar surface area (TPSA) is 91.7 Å². The van der Waals surface area contributed by atoms with Gasteiger partial charge in [-0.1, -0.05) is 6.07 Å². The van der Waals surface area contributed by atoms with Crippen LogP contribution in [0.2, 0.25) is 0 Å². The van der Waals surface area contributed by atoms with Crippen LogP contribution < -0.4 is 10.5 Å². The normalized spacial score (nSPS) is 10.5. The Morgan fingerprint density at radius 2 is 2.10 bits per heavy atom. The lowest BCUT2D eigenvalue weighted by atomic mass is 10.3. The highest BCUT2D eigenvalue weighted by atomic mass is 32.2. The summed E-state index contributed by atoms with van der Waals surface area (Å²) >= 11 is 1.38. The van der Waals surface area contributed by atoms with Crippen LogP contribution in [0.5, 0.6) is 5.75 Å². The molecule has 2 N–H and O–H groups in total. The van der Waals surface area contributed by atoms with E-state index in [0.717, 1.165) is 10.6 Å². The SMILES string of the molecule is COc1cccc(Sc2nc(N)nc(-n3cccn3)n2)c1. The van der Waals surface area contributed by atoms with Crippen molar-refractivity contribution in [3.8, 4) is 11.7 Å². The fraction of sp³-hybridized carbons (Fsp3) is 0.0769. The Morgan fingerprint density at radius 3 is 2.86 bits per heavy atom. The molecule has 3 rings (SSSR count). The van der Waals surface area contributed by atoms with Crippen LogP contribution in [-0.4, -0.2) is 31.8 Å². The molecule has 0 amide bonds. The Balaban J connectivity index is 1.91. The number of anilines is 1. The van der Waals surface area contributed by atoms with Gasteiger partial charge in [-0.3, -0.25) is 0 Å². The Labute approximate surface area is 125 Å². The molecule has 3 aromatic rings. The maximum atomic E-state index is 5.73. The molecule has 7 nitrogen and oxygen atoms in total. The third kappa shape index (κ3) is 3.11. The molecule has 0 fully saturated rings. The molecular formula is C13H12N6OS. The molecule has 0 saturated heterocycles. The van der Waals surface area contributed by atoms with Crippen molar-refractivity contribution in [3.05, 3.63) is 42.7 Å². The van der Waals surface area contributed by atoms with E-state index in [9.17, 15) is 0 Å². The Morgan fingerprint density at radius 1 is 1.19 bits per heavy atom. The quantitative estimate of drug-likeness (QED) is 0.785. The van der Waals surface area contributed by atoms with Gasteiger partial charge in [0, 0.05) is 17.3 Å². The van der Waals surface area contributed by atoms with Gasteiger partial charge in [0.05, 0.1) is 7.11 Å². The van der Waals surface area contributed by atoms with Crippen LogP contribution in [0.3, 0.4) is 0 Å². The number of nitrogen functional groups attached to an aromatic ring is 1. The van der Waals surface area contributed by atoms with E-state index in [4.69, 9.17) is 10.5 Å². The summed E-state index contributed by atoms with van der Waals surface area (Å²) in [5.41, 5.74) is 5.73. The molecule has 0 radical (unpaired) electrons. The largest absolute Gasteiger partial charge is 0.497 e. The number of hydrogen-bond acceptors (Lipinski definition) is 7. The van der Waals surface area contributed by atoms with Crippen LogP contribution in [0.15, 0.2) is 52.8 Å². The van der Waals surface area contributed by atoms with Crippen molar-refractivity contribution in [3.63, 3.8) is 0 Å². The number of methoxy groups -OCH3 is 1. The van der Waals surface area contributed by atoms with Crippen molar-refractivity contribution in [1.82, 2.24) is 24.7 Å². The fourth-order valence-electron chi connectivity index (χ4n) is 1.67. The van der Waals surface area contributed by atoms with E-state index in [-0.39, 0.29) is 5.95 Å². The van der Waals surface area contributed by atoms with Gasteiger partial charge in [0.1, 0.15) is 5.75 Å². The van der Waals surface area contributed by atoms with Gasteiger partial charge in [-0.15, -0.1) is 0 Å². The molecule has 8 heteroatoms. The van der Waals surface area contributed by atoms with Crippen molar-refractivity contribution < 1.29 is 4.74 Å². The summed E-state index contributed by atoms with van der Waals surface area (Å²) in [6.07, 6.45) is 3.39. The second-order valence-corrected chi connectivity index (χ2v) is 5.05. The number of nitrogens with zero attached hydrogens (tertiary/aromatic N) is 5. The van der Waals surface area contributed by atoms with Crippen LogP contribution in [0.4, 0.5) is 5.95 Å². The smallest absolute Gasteiger partial charge is 0.256 e. The van der Waals surface area contributed by atoms with Crippen LogP contribution in [0.1, 0.15) is 0 Å². The Hall–Kier alpha value is -2.61. The van der Waals surface area contributed by atoms with Crippen LogP contribution in [-0.2, 0) is 0 Å². The molecule has 0 aliphatic carbocycles. The zero-order valence-electron chi connectivity index (χ0n) is 11.2. The summed E-state index contributed by atoms with van der Waals surface area (Å²) in [5, 5.41) is 4.58. The summed E-state index contributed by atoms with van der Waals surface area (Å²) < 4.78 is 6.73. The van der Waals surface area contributed by atoms with E-state index in [1.807, 2.05) is 24.3 Å². The van der Waals surface area contributed by atoms with E-state index in [1.165, 1.54) is 16.4 Å². The lowest BCUT2D eigenvalue weighted by Gasteiger charge is -2.05. The number of hydrogen-bond donors (Lipinski definition) is 1. The van der Waals surface area contributed by atoms with Crippen molar-refractivity contribution >= 4 is 17.7 Å². The highest BCUT2D eigenvalue weighted by Crippen LogP contribution is 2.28. The average Bonchev–Trinajstić information content (AvgIpc) is 3.01. The van der Waals surface area contributed by atoms with E-state index in [1.54, 1.807) is 25.6 Å². The zero-order chi connectivity index (χ0) is 14.7. The Bertz CT molecular complexity index is 746. The van der Waals surface area contributed by atoms with Crippen molar-refractivity contribution in [2.75, 3.05) is 12.8 Å². The maximum absolute atomic E-state index is 5.73. The minimum absolute atomic E-state index is 0.154. The first-order valence-corrected chi connectivity index (χ1v) is 6.90.